The molecule has 3 rings (SSSR count). The van der Waals surface area contributed by atoms with E-state index in [0.717, 1.165) is 11.3 Å². The first-order valence-corrected chi connectivity index (χ1v) is 8.51. The van der Waals surface area contributed by atoms with E-state index in [4.69, 9.17) is 9.15 Å². The van der Waals surface area contributed by atoms with Gasteiger partial charge in [-0.2, -0.15) is 0 Å². The number of oxazole rings is 1. The average Bonchev–Trinajstić information content (AvgIpc) is 3.27. The monoisotopic (exact) mass is 358 g/mol. The number of hydrogen-bond acceptors (Lipinski definition) is 5. The maximum Gasteiger partial charge on any atom is 0.311 e. The van der Waals surface area contributed by atoms with E-state index in [1.165, 1.54) is 0 Å². The summed E-state index contributed by atoms with van der Waals surface area (Å²) in [5, 5.41) is 9.25. The summed E-state index contributed by atoms with van der Waals surface area (Å²) in [4.78, 5) is 29.4. The van der Waals surface area contributed by atoms with Crippen LogP contribution in [0, 0.1) is 5.41 Å². The molecule has 1 amide bonds. The Kier molecular flexibility index (Phi) is 4.97. The van der Waals surface area contributed by atoms with Crippen LogP contribution in [-0.2, 0) is 16.0 Å². The van der Waals surface area contributed by atoms with Gasteiger partial charge in [-0.15, -0.1) is 0 Å². The summed E-state index contributed by atoms with van der Waals surface area (Å²) in [5.41, 5.74) is 0.0350. The molecule has 1 N–H and O–H groups in total. The molecule has 0 bridgehead atoms. The Hall–Kier alpha value is -2.83. The van der Waals surface area contributed by atoms with Gasteiger partial charge in [0.1, 0.15) is 5.75 Å². The SMILES string of the molecule is COc1ccc(-c2cnc(CCC(=O)N3CC[C@](C)(C(=O)O)C3)o2)cc1. The predicted molar refractivity (Wildman–Crippen MR) is 93.8 cm³/mol. The fourth-order valence-electron chi connectivity index (χ4n) is 3.04. The summed E-state index contributed by atoms with van der Waals surface area (Å²) in [5.74, 6) is 0.959. The molecule has 0 aliphatic carbocycles. The minimum absolute atomic E-state index is 0.0702. The molecule has 1 aliphatic rings. The van der Waals surface area contributed by atoms with Crippen molar-refractivity contribution in [2.75, 3.05) is 20.2 Å². The number of benzene rings is 1. The summed E-state index contributed by atoms with van der Waals surface area (Å²) >= 11 is 0. The van der Waals surface area contributed by atoms with Crippen molar-refractivity contribution >= 4 is 11.9 Å². The van der Waals surface area contributed by atoms with Crippen LogP contribution in [0.25, 0.3) is 11.3 Å². The molecule has 2 heterocycles. The van der Waals surface area contributed by atoms with Gasteiger partial charge in [-0.1, -0.05) is 0 Å². The number of aliphatic carboxylic acids is 1. The molecule has 26 heavy (non-hydrogen) atoms. The van der Waals surface area contributed by atoms with E-state index in [9.17, 15) is 14.7 Å². The third kappa shape index (κ3) is 3.71. The van der Waals surface area contributed by atoms with E-state index in [1.54, 1.807) is 25.1 Å². The van der Waals surface area contributed by atoms with E-state index in [0.29, 0.717) is 31.0 Å². The van der Waals surface area contributed by atoms with E-state index < -0.39 is 11.4 Å². The van der Waals surface area contributed by atoms with E-state index in [2.05, 4.69) is 4.98 Å². The molecule has 1 atom stereocenters. The van der Waals surface area contributed by atoms with Gasteiger partial charge in [0.05, 0.1) is 18.7 Å². The van der Waals surface area contributed by atoms with Crippen LogP contribution in [0.15, 0.2) is 34.9 Å². The number of methoxy groups -OCH3 is 1. The van der Waals surface area contributed by atoms with Crippen LogP contribution >= 0.6 is 0 Å². The summed E-state index contributed by atoms with van der Waals surface area (Å²) in [7, 11) is 1.61. The predicted octanol–water partition coefficient (Wildman–Crippen LogP) is 2.61. The van der Waals surface area contributed by atoms with Crippen LogP contribution in [0.4, 0.5) is 0 Å². The molecule has 1 aromatic heterocycles. The second-order valence-corrected chi connectivity index (χ2v) is 6.78. The number of amides is 1. The molecular formula is C19H22N2O5. The van der Waals surface area contributed by atoms with Crippen molar-refractivity contribution in [3.05, 3.63) is 36.4 Å². The Morgan fingerprint density at radius 2 is 2.08 bits per heavy atom. The van der Waals surface area contributed by atoms with Gasteiger partial charge >= 0.3 is 5.97 Å². The number of carboxylic acid groups (broad SMARTS) is 1. The lowest BCUT2D eigenvalue weighted by atomic mass is 9.90. The highest BCUT2D eigenvalue weighted by atomic mass is 16.5. The first-order valence-electron chi connectivity index (χ1n) is 8.51. The number of hydrogen-bond donors (Lipinski definition) is 1. The number of aromatic nitrogens is 1. The van der Waals surface area contributed by atoms with Crippen molar-refractivity contribution in [2.45, 2.75) is 26.2 Å². The standard InChI is InChI=1S/C19H22N2O5/c1-19(18(23)24)9-10-21(12-19)17(22)8-7-16-20-11-15(26-16)13-3-5-14(25-2)6-4-13/h3-6,11H,7-10,12H2,1-2H3,(H,23,24)/t19-/m0/s1. The second kappa shape index (κ2) is 7.19. The van der Waals surface area contributed by atoms with Crippen molar-refractivity contribution in [3.63, 3.8) is 0 Å². The average molecular weight is 358 g/mol. The number of nitrogens with zero attached hydrogens (tertiary/aromatic N) is 2. The summed E-state index contributed by atoms with van der Waals surface area (Å²) < 4.78 is 10.8. The van der Waals surface area contributed by atoms with Crippen LogP contribution in [0.5, 0.6) is 5.75 Å². The van der Waals surface area contributed by atoms with Gasteiger partial charge in [-0.3, -0.25) is 9.59 Å². The Morgan fingerprint density at radius 1 is 1.35 bits per heavy atom. The van der Waals surface area contributed by atoms with E-state index >= 15 is 0 Å². The van der Waals surface area contributed by atoms with Crippen LogP contribution in [-0.4, -0.2) is 47.1 Å². The first kappa shape index (κ1) is 18.0. The minimum Gasteiger partial charge on any atom is -0.497 e. The van der Waals surface area contributed by atoms with Gasteiger partial charge in [0, 0.05) is 31.5 Å². The Bertz CT molecular complexity index is 799. The number of rotatable bonds is 6. The van der Waals surface area contributed by atoms with Gasteiger partial charge in [-0.25, -0.2) is 4.98 Å². The zero-order chi connectivity index (χ0) is 18.7. The van der Waals surface area contributed by atoms with Gasteiger partial charge in [0.25, 0.3) is 0 Å². The van der Waals surface area contributed by atoms with Gasteiger partial charge in [-0.05, 0) is 37.6 Å². The second-order valence-electron chi connectivity index (χ2n) is 6.78. The molecular weight excluding hydrogens is 336 g/mol. The van der Waals surface area contributed by atoms with Gasteiger partial charge in [0.2, 0.25) is 5.91 Å². The Labute approximate surface area is 151 Å². The van der Waals surface area contributed by atoms with Crippen LogP contribution in [0.2, 0.25) is 0 Å². The van der Waals surface area contributed by atoms with Gasteiger partial charge < -0.3 is 19.2 Å². The third-order valence-corrected chi connectivity index (χ3v) is 4.82. The molecule has 0 unspecified atom stereocenters. The van der Waals surface area contributed by atoms with Crippen molar-refractivity contribution < 1.29 is 23.8 Å². The number of carbonyl (C=O) groups excluding carboxylic acids is 1. The highest BCUT2D eigenvalue weighted by Crippen LogP contribution is 2.30. The van der Waals surface area contributed by atoms with Crippen LogP contribution in [0.3, 0.4) is 0 Å². The summed E-state index contributed by atoms with van der Waals surface area (Å²) in [6.45, 7) is 2.41. The zero-order valence-corrected chi connectivity index (χ0v) is 14.9. The van der Waals surface area contributed by atoms with Gasteiger partial charge in [0.15, 0.2) is 11.7 Å². The molecule has 1 aromatic carbocycles. The molecule has 0 saturated carbocycles. The largest absolute Gasteiger partial charge is 0.497 e. The van der Waals surface area contributed by atoms with Crippen LogP contribution in [0.1, 0.15) is 25.7 Å². The topological polar surface area (TPSA) is 92.9 Å². The normalized spacial score (nSPS) is 19.5. The Balaban J connectivity index is 1.56. The molecule has 2 aromatic rings. The van der Waals surface area contributed by atoms with Crippen molar-refractivity contribution in [3.8, 4) is 17.1 Å². The Morgan fingerprint density at radius 3 is 2.69 bits per heavy atom. The van der Waals surface area contributed by atoms with Crippen molar-refractivity contribution in [1.82, 2.24) is 9.88 Å². The zero-order valence-electron chi connectivity index (χ0n) is 14.9. The van der Waals surface area contributed by atoms with Crippen molar-refractivity contribution in [2.24, 2.45) is 5.41 Å². The maximum absolute atomic E-state index is 12.3. The summed E-state index contributed by atoms with van der Waals surface area (Å²) in [6.07, 6.45) is 2.75. The fraction of sp³-hybridized carbons (Fsp3) is 0.421. The number of carboxylic acids is 1. The lowest BCUT2D eigenvalue weighted by Gasteiger charge is -2.19. The molecule has 0 radical (unpaired) electrons. The smallest absolute Gasteiger partial charge is 0.311 e. The summed E-state index contributed by atoms with van der Waals surface area (Å²) in [6, 6.07) is 7.44. The quantitative estimate of drug-likeness (QED) is 0.853. The molecule has 138 valence electrons. The fourth-order valence-corrected chi connectivity index (χ4v) is 3.04. The van der Waals surface area contributed by atoms with Crippen molar-refractivity contribution in [1.29, 1.82) is 0 Å². The number of carbonyl (C=O) groups is 2. The van der Waals surface area contributed by atoms with E-state index in [1.807, 2.05) is 24.3 Å². The van der Waals surface area contributed by atoms with Crippen LogP contribution < -0.4 is 4.74 Å². The molecule has 0 spiro atoms. The first-order chi connectivity index (χ1) is 12.4. The highest BCUT2D eigenvalue weighted by Gasteiger charge is 2.41. The van der Waals surface area contributed by atoms with E-state index in [-0.39, 0.29) is 18.9 Å². The number of likely N-dealkylation sites (tertiary alicyclic amines) is 1. The molecule has 7 nitrogen and oxygen atoms in total. The lowest BCUT2D eigenvalue weighted by Crippen LogP contribution is -2.34. The third-order valence-electron chi connectivity index (χ3n) is 4.82. The molecule has 1 aliphatic heterocycles. The highest BCUT2D eigenvalue weighted by molar-refractivity contribution is 5.80. The molecule has 7 heteroatoms. The minimum atomic E-state index is -0.857. The molecule has 1 fully saturated rings. The lowest BCUT2D eigenvalue weighted by molar-refractivity contribution is -0.147. The number of aryl methyl sites for hydroxylation is 1. The molecule has 1 saturated heterocycles. The number of ether oxygens (including phenoxy) is 1. The maximum atomic E-state index is 12.3.